The normalized spacial score (nSPS) is 10.0. The highest BCUT2D eigenvalue weighted by Crippen LogP contribution is 2.40. The molecule has 1 aromatic heterocycles. The molecule has 192 valence electrons. The minimum Gasteiger partial charge on any atom is -0.545 e. The maximum Gasteiger partial charge on any atom is 0.364 e. The van der Waals surface area contributed by atoms with Gasteiger partial charge in [-0.2, -0.15) is 0 Å². The first kappa shape index (κ1) is 29.7. The van der Waals surface area contributed by atoms with E-state index in [9.17, 15) is 14.7 Å². The van der Waals surface area contributed by atoms with E-state index in [0.29, 0.717) is 31.1 Å². The molecule has 10 nitrogen and oxygen atoms in total. The Labute approximate surface area is 228 Å². The van der Waals surface area contributed by atoms with Crippen molar-refractivity contribution in [1.29, 1.82) is 0 Å². The highest BCUT2D eigenvalue weighted by molar-refractivity contribution is 8.76. The van der Waals surface area contributed by atoms with E-state index in [1.165, 1.54) is 33.7 Å². The summed E-state index contributed by atoms with van der Waals surface area (Å²) in [5.41, 5.74) is 12.4. The Hall–Kier alpha value is -3.55. The number of carbonyl (C=O) groups is 2. The van der Waals surface area contributed by atoms with Crippen molar-refractivity contribution >= 4 is 68.5 Å². The summed E-state index contributed by atoms with van der Waals surface area (Å²) in [6.45, 7) is 0. The zero-order valence-electron chi connectivity index (χ0n) is 18.6. The first-order chi connectivity index (χ1) is 17.2. The Morgan fingerprint density at radius 3 is 2.00 bits per heavy atom. The van der Waals surface area contributed by atoms with Gasteiger partial charge in [-0.25, -0.2) is 9.78 Å². The van der Waals surface area contributed by atoms with Crippen LogP contribution in [-0.4, -0.2) is 32.7 Å². The van der Waals surface area contributed by atoms with E-state index in [4.69, 9.17) is 39.8 Å². The lowest BCUT2D eigenvalue weighted by Crippen LogP contribution is -2.22. The standard InChI is InChI=1S/C14H10O4S2.C9H7Cl2N5.H2O/c15-13(16)9-5-1-3-7-11(9)19-20-12-8-4-2-6-10(12)14(17)18;10-5-3-1-2-4(6(5)11)7-8(12)14-9(13)16-15-7;/h1-8H,(H,15,16)(H,17,18);1-3H,(H4,12,13,14,16);1H2. The number of aromatic nitrogens is 3. The molecule has 0 spiro atoms. The molecule has 1 heterocycles. The molecular formula is C23H19Cl2N5O5S2. The first-order valence-corrected chi connectivity index (χ1v) is 12.8. The number of halogens is 2. The number of hydrogen-bond donors (Lipinski definition) is 3. The molecule has 0 unspecified atom stereocenters. The SMILES string of the molecule is Nc1nnc(-c2cccc(Cl)c2Cl)c(N)[nH+]1.O.O=C([O-])c1ccccc1SSc1ccccc1C(=O)O. The van der Waals surface area contributed by atoms with Gasteiger partial charge in [0.25, 0.3) is 0 Å². The van der Waals surface area contributed by atoms with Gasteiger partial charge in [0.2, 0.25) is 5.82 Å². The molecule has 4 rings (SSSR count). The van der Waals surface area contributed by atoms with E-state index >= 15 is 0 Å². The number of aromatic amines is 1. The largest absolute Gasteiger partial charge is 0.545 e. The van der Waals surface area contributed by atoms with E-state index in [0.717, 1.165) is 0 Å². The van der Waals surface area contributed by atoms with Crippen LogP contribution in [0.4, 0.5) is 11.8 Å². The Balaban J connectivity index is 0.000000259. The summed E-state index contributed by atoms with van der Waals surface area (Å²) in [7, 11) is 2.40. The van der Waals surface area contributed by atoms with Crippen molar-refractivity contribution in [1.82, 2.24) is 10.2 Å². The second kappa shape index (κ2) is 13.7. The molecule has 0 aliphatic carbocycles. The summed E-state index contributed by atoms with van der Waals surface area (Å²) < 4.78 is 0. The van der Waals surface area contributed by atoms with E-state index in [2.05, 4.69) is 15.2 Å². The van der Waals surface area contributed by atoms with Crippen molar-refractivity contribution in [3.05, 3.63) is 87.9 Å². The van der Waals surface area contributed by atoms with Crippen LogP contribution in [0, 0.1) is 0 Å². The molecule has 0 atom stereocenters. The highest BCUT2D eigenvalue weighted by Gasteiger charge is 2.15. The van der Waals surface area contributed by atoms with E-state index < -0.39 is 11.9 Å². The van der Waals surface area contributed by atoms with Crippen molar-refractivity contribution in [2.45, 2.75) is 9.79 Å². The van der Waals surface area contributed by atoms with Gasteiger partial charge in [-0.05, 0) is 24.3 Å². The quantitative estimate of drug-likeness (QED) is 0.284. The Morgan fingerprint density at radius 1 is 0.865 bits per heavy atom. The van der Waals surface area contributed by atoms with Crippen LogP contribution >= 0.6 is 44.8 Å². The number of nitrogen functional groups attached to an aromatic ring is 2. The van der Waals surface area contributed by atoms with Crippen LogP contribution in [0.3, 0.4) is 0 Å². The van der Waals surface area contributed by atoms with Crippen LogP contribution in [0.15, 0.2) is 76.5 Å². The average molecular weight is 580 g/mol. The molecule has 8 N–H and O–H groups in total. The van der Waals surface area contributed by atoms with Crippen molar-refractivity contribution < 1.29 is 30.3 Å². The number of nitrogens with one attached hydrogen (secondary N) is 1. The lowest BCUT2D eigenvalue weighted by Gasteiger charge is -2.09. The van der Waals surface area contributed by atoms with Gasteiger partial charge in [0, 0.05) is 26.0 Å². The summed E-state index contributed by atoms with van der Waals surface area (Å²) in [4.78, 5) is 25.8. The average Bonchev–Trinajstić information content (AvgIpc) is 2.85. The first-order valence-electron chi connectivity index (χ1n) is 9.91. The summed E-state index contributed by atoms with van der Waals surface area (Å²) in [5, 5.41) is 28.4. The number of nitrogens with zero attached hydrogens (tertiary/aromatic N) is 2. The summed E-state index contributed by atoms with van der Waals surface area (Å²) >= 11 is 11.9. The molecule has 0 saturated heterocycles. The highest BCUT2D eigenvalue weighted by atomic mass is 35.5. The van der Waals surface area contributed by atoms with Crippen LogP contribution in [-0.2, 0) is 0 Å². The maximum atomic E-state index is 11.1. The third-order valence-corrected chi connectivity index (χ3v) is 7.73. The zero-order chi connectivity index (χ0) is 26.2. The minimum absolute atomic E-state index is 0. The molecule has 3 aromatic carbocycles. The number of nitrogens with two attached hydrogens (primary N) is 2. The van der Waals surface area contributed by atoms with Crippen LogP contribution in [0.1, 0.15) is 20.7 Å². The zero-order valence-corrected chi connectivity index (χ0v) is 21.8. The second-order valence-electron chi connectivity index (χ2n) is 6.83. The third kappa shape index (κ3) is 7.71. The number of anilines is 2. The predicted molar refractivity (Wildman–Crippen MR) is 142 cm³/mol. The molecule has 0 fully saturated rings. The number of carboxylic acids is 2. The molecule has 4 aromatic rings. The number of rotatable bonds is 6. The summed E-state index contributed by atoms with van der Waals surface area (Å²) in [5.74, 6) is -1.84. The van der Waals surface area contributed by atoms with Crippen LogP contribution in [0.25, 0.3) is 11.3 Å². The smallest absolute Gasteiger partial charge is 0.364 e. The number of H-pyrrole nitrogens is 1. The van der Waals surface area contributed by atoms with Gasteiger partial charge in [0.05, 0.1) is 21.6 Å². The molecule has 14 heteroatoms. The van der Waals surface area contributed by atoms with Crippen LogP contribution in [0.2, 0.25) is 10.0 Å². The van der Waals surface area contributed by atoms with Crippen molar-refractivity contribution in [3.63, 3.8) is 0 Å². The van der Waals surface area contributed by atoms with Gasteiger partial charge < -0.3 is 32.0 Å². The van der Waals surface area contributed by atoms with Crippen molar-refractivity contribution in [2.75, 3.05) is 11.5 Å². The molecule has 0 aliphatic rings. The number of aromatic carboxylic acids is 2. The Bertz CT molecular complexity index is 1370. The lowest BCUT2D eigenvalue weighted by molar-refractivity contribution is -0.347. The molecule has 0 radical (unpaired) electrons. The predicted octanol–water partition coefficient (Wildman–Crippen LogP) is 3.15. The molecule has 0 bridgehead atoms. The third-order valence-electron chi connectivity index (χ3n) is 4.43. The lowest BCUT2D eigenvalue weighted by atomic mass is 10.1. The number of hydrogen-bond acceptors (Lipinski definition) is 9. The van der Waals surface area contributed by atoms with Crippen molar-refractivity contribution in [3.8, 4) is 11.3 Å². The fraction of sp³-hybridized carbons (Fsp3) is 0. The van der Waals surface area contributed by atoms with Crippen LogP contribution in [0.5, 0.6) is 0 Å². The van der Waals surface area contributed by atoms with Gasteiger partial charge >= 0.3 is 11.9 Å². The Kier molecular flexibility index (Phi) is 11.0. The fourth-order valence-corrected chi connectivity index (χ4v) is 5.51. The summed E-state index contributed by atoms with van der Waals surface area (Å²) in [6, 6.07) is 18.2. The van der Waals surface area contributed by atoms with Crippen molar-refractivity contribution in [2.24, 2.45) is 0 Å². The number of carboxylic acid groups (broad SMARTS) is 2. The van der Waals surface area contributed by atoms with Gasteiger partial charge in [0.15, 0.2) is 5.69 Å². The molecule has 0 saturated carbocycles. The fourth-order valence-electron chi connectivity index (χ4n) is 2.78. The van der Waals surface area contributed by atoms with Crippen LogP contribution < -0.4 is 21.6 Å². The maximum absolute atomic E-state index is 11.1. The second-order valence-corrected chi connectivity index (χ2v) is 9.82. The number of carbonyl (C=O) groups excluding carboxylic acids is 1. The monoisotopic (exact) mass is 579 g/mol. The molecule has 0 amide bonds. The molecule has 0 aliphatic heterocycles. The summed E-state index contributed by atoms with van der Waals surface area (Å²) in [6.07, 6.45) is 0. The van der Waals surface area contributed by atoms with Gasteiger partial charge in [-0.1, -0.05) is 92.4 Å². The molecule has 37 heavy (non-hydrogen) atoms. The van der Waals surface area contributed by atoms with Gasteiger partial charge in [-0.15, -0.1) is 0 Å². The Morgan fingerprint density at radius 2 is 1.43 bits per heavy atom. The minimum atomic E-state index is -1.25. The topological polar surface area (TPSA) is 201 Å². The van der Waals surface area contributed by atoms with E-state index in [1.807, 2.05) is 0 Å². The van der Waals surface area contributed by atoms with E-state index in [-0.39, 0.29) is 28.4 Å². The van der Waals surface area contributed by atoms with E-state index in [1.54, 1.807) is 54.6 Å². The van der Waals surface area contributed by atoms with Gasteiger partial charge in [0.1, 0.15) is 0 Å². The number of benzene rings is 3. The van der Waals surface area contributed by atoms with Gasteiger partial charge in [-0.3, -0.25) is 0 Å². The molecular weight excluding hydrogens is 561 g/mol.